The standard InChI is InChI=1S/C21H31BrN4O2/c1-16-2-6-18(7-3-16)23-20(27)14-25-10-12-26(13-11-25)15-21(28)24-19-8-4-17(22)5-9-19/h4-5,8-9,16,18H,2-3,6-7,10-15H2,1H3,(H,23,27)(H,24,28). The van der Waals surface area contributed by atoms with E-state index in [2.05, 4.69) is 43.3 Å². The summed E-state index contributed by atoms with van der Waals surface area (Å²) in [6.07, 6.45) is 4.64. The van der Waals surface area contributed by atoms with E-state index in [-0.39, 0.29) is 11.8 Å². The summed E-state index contributed by atoms with van der Waals surface area (Å²) in [5.74, 6) is 0.934. The first-order valence-electron chi connectivity index (χ1n) is 10.3. The van der Waals surface area contributed by atoms with E-state index in [1.165, 1.54) is 12.8 Å². The minimum absolute atomic E-state index is 0.0000392. The molecule has 0 unspecified atom stereocenters. The van der Waals surface area contributed by atoms with Gasteiger partial charge in [-0.05, 0) is 55.9 Å². The average molecular weight is 451 g/mol. The van der Waals surface area contributed by atoms with E-state index in [1.54, 1.807) is 0 Å². The molecule has 1 heterocycles. The molecule has 0 spiro atoms. The molecule has 1 aromatic carbocycles. The summed E-state index contributed by atoms with van der Waals surface area (Å²) in [6.45, 7) is 6.39. The van der Waals surface area contributed by atoms with Gasteiger partial charge in [0.25, 0.3) is 0 Å². The van der Waals surface area contributed by atoms with Gasteiger partial charge in [0.1, 0.15) is 0 Å². The van der Waals surface area contributed by atoms with Crippen molar-refractivity contribution in [2.75, 3.05) is 44.6 Å². The fourth-order valence-corrected chi connectivity index (χ4v) is 4.19. The molecule has 2 fully saturated rings. The van der Waals surface area contributed by atoms with Gasteiger partial charge in [-0.1, -0.05) is 22.9 Å². The number of hydrogen-bond donors (Lipinski definition) is 2. The van der Waals surface area contributed by atoms with E-state index in [9.17, 15) is 9.59 Å². The van der Waals surface area contributed by atoms with E-state index >= 15 is 0 Å². The maximum absolute atomic E-state index is 12.3. The largest absolute Gasteiger partial charge is 0.352 e. The highest BCUT2D eigenvalue weighted by Crippen LogP contribution is 2.23. The van der Waals surface area contributed by atoms with Crippen LogP contribution < -0.4 is 10.6 Å². The third kappa shape index (κ3) is 6.87. The molecule has 1 aliphatic heterocycles. The first-order chi connectivity index (χ1) is 13.5. The van der Waals surface area contributed by atoms with E-state index < -0.39 is 0 Å². The summed E-state index contributed by atoms with van der Waals surface area (Å²) in [7, 11) is 0. The second kappa shape index (κ2) is 10.4. The molecule has 2 amide bonds. The molecule has 7 heteroatoms. The highest BCUT2D eigenvalue weighted by atomic mass is 79.9. The number of carbonyl (C=O) groups excluding carboxylic acids is 2. The number of amides is 2. The predicted molar refractivity (Wildman–Crippen MR) is 115 cm³/mol. The van der Waals surface area contributed by atoms with Gasteiger partial charge in [0.15, 0.2) is 0 Å². The lowest BCUT2D eigenvalue weighted by molar-refractivity contribution is -0.124. The summed E-state index contributed by atoms with van der Waals surface area (Å²) in [6, 6.07) is 7.94. The number of piperazine rings is 1. The number of hydrogen-bond acceptors (Lipinski definition) is 4. The lowest BCUT2D eigenvalue weighted by atomic mass is 9.87. The van der Waals surface area contributed by atoms with Crippen LogP contribution >= 0.6 is 15.9 Å². The number of anilines is 1. The predicted octanol–water partition coefficient (Wildman–Crippen LogP) is 2.70. The van der Waals surface area contributed by atoms with Crippen molar-refractivity contribution in [2.24, 2.45) is 5.92 Å². The molecular formula is C21H31BrN4O2. The fraction of sp³-hybridized carbons (Fsp3) is 0.619. The second-order valence-corrected chi connectivity index (χ2v) is 9.05. The Kier molecular flexibility index (Phi) is 7.88. The Labute approximate surface area is 176 Å². The highest BCUT2D eigenvalue weighted by molar-refractivity contribution is 9.10. The van der Waals surface area contributed by atoms with E-state index in [4.69, 9.17) is 0 Å². The monoisotopic (exact) mass is 450 g/mol. The molecule has 0 bridgehead atoms. The van der Waals surface area contributed by atoms with Crippen LogP contribution in [0, 0.1) is 5.92 Å². The molecule has 0 radical (unpaired) electrons. The van der Waals surface area contributed by atoms with E-state index in [0.717, 1.165) is 55.1 Å². The number of nitrogens with one attached hydrogen (secondary N) is 2. The minimum Gasteiger partial charge on any atom is -0.352 e. The summed E-state index contributed by atoms with van der Waals surface area (Å²) in [4.78, 5) is 28.9. The van der Waals surface area contributed by atoms with Gasteiger partial charge < -0.3 is 10.6 Å². The maximum atomic E-state index is 12.3. The maximum Gasteiger partial charge on any atom is 0.238 e. The van der Waals surface area contributed by atoms with Crippen molar-refractivity contribution in [3.8, 4) is 0 Å². The van der Waals surface area contributed by atoms with Crippen LogP contribution in [0.5, 0.6) is 0 Å². The summed E-state index contributed by atoms with van der Waals surface area (Å²) in [5.41, 5.74) is 0.806. The molecule has 2 aliphatic rings. The van der Waals surface area contributed by atoms with Crippen molar-refractivity contribution >= 4 is 33.4 Å². The fourth-order valence-electron chi connectivity index (χ4n) is 3.92. The second-order valence-electron chi connectivity index (χ2n) is 8.13. The zero-order valence-electron chi connectivity index (χ0n) is 16.6. The van der Waals surface area contributed by atoms with Crippen molar-refractivity contribution in [3.63, 3.8) is 0 Å². The van der Waals surface area contributed by atoms with Crippen LogP contribution in [-0.4, -0.2) is 66.9 Å². The Morgan fingerprint density at radius 3 is 2.04 bits per heavy atom. The number of rotatable bonds is 6. The van der Waals surface area contributed by atoms with Gasteiger partial charge in [-0.25, -0.2) is 0 Å². The molecule has 6 nitrogen and oxygen atoms in total. The molecule has 3 rings (SSSR count). The smallest absolute Gasteiger partial charge is 0.238 e. The van der Waals surface area contributed by atoms with Crippen LogP contribution in [0.1, 0.15) is 32.6 Å². The first-order valence-corrected chi connectivity index (χ1v) is 11.1. The van der Waals surface area contributed by atoms with Gasteiger partial charge >= 0.3 is 0 Å². The lowest BCUT2D eigenvalue weighted by Crippen LogP contribution is -2.52. The van der Waals surface area contributed by atoms with Crippen molar-refractivity contribution < 1.29 is 9.59 Å². The summed E-state index contributed by atoms with van der Waals surface area (Å²) < 4.78 is 0.990. The first kappa shape index (κ1) is 21.3. The number of carbonyl (C=O) groups is 2. The summed E-state index contributed by atoms with van der Waals surface area (Å²) >= 11 is 3.39. The van der Waals surface area contributed by atoms with Crippen molar-refractivity contribution in [1.29, 1.82) is 0 Å². The van der Waals surface area contributed by atoms with Crippen LogP contribution in [0.2, 0.25) is 0 Å². The SMILES string of the molecule is CC1CCC(NC(=O)CN2CCN(CC(=O)Nc3ccc(Br)cc3)CC2)CC1. The van der Waals surface area contributed by atoms with E-state index in [0.29, 0.717) is 19.1 Å². The Morgan fingerprint density at radius 1 is 0.929 bits per heavy atom. The molecule has 0 aromatic heterocycles. The van der Waals surface area contributed by atoms with Gasteiger partial charge in [0.2, 0.25) is 11.8 Å². The Morgan fingerprint density at radius 2 is 1.46 bits per heavy atom. The van der Waals surface area contributed by atoms with Gasteiger partial charge in [0.05, 0.1) is 13.1 Å². The van der Waals surface area contributed by atoms with Gasteiger partial charge in [-0.2, -0.15) is 0 Å². The Hall–Kier alpha value is -1.44. The van der Waals surface area contributed by atoms with Crippen LogP contribution in [0.3, 0.4) is 0 Å². The molecular weight excluding hydrogens is 420 g/mol. The third-order valence-electron chi connectivity index (χ3n) is 5.71. The van der Waals surface area contributed by atoms with E-state index in [1.807, 2.05) is 24.3 Å². The van der Waals surface area contributed by atoms with Gasteiger partial charge in [0, 0.05) is 42.4 Å². The normalized spacial score (nSPS) is 23.9. The number of benzene rings is 1. The molecule has 154 valence electrons. The molecule has 0 atom stereocenters. The van der Waals surface area contributed by atoms with Crippen LogP contribution in [0.15, 0.2) is 28.7 Å². The third-order valence-corrected chi connectivity index (χ3v) is 6.24. The number of halogens is 1. The lowest BCUT2D eigenvalue weighted by Gasteiger charge is -2.34. The molecule has 1 saturated carbocycles. The molecule has 28 heavy (non-hydrogen) atoms. The Balaban J connectivity index is 1.33. The summed E-state index contributed by atoms with van der Waals surface area (Å²) in [5, 5.41) is 6.13. The zero-order chi connectivity index (χ0) is 19.9. The topological polar surface area (TPSA) is 64.7 Å². The number of nitrogens with zero attached hydrogens (tertiary/aromatic N) is 2. The van der Waals surface area contributed by atoms with Crippen LogP contribution in [-0.2, 0) is 9.59 Å². The van der Waals surface area contributed by atoms with Crippen molar-refractivity contribution in [2.45, 2.75) is 38.6 Å². The van der Waals surface area contributed by atoms with Gasteiger partial charge in [-0.3, -0.25) is 19.4 Å². The Bertz CT molecular complexity index is 651. The average Bonchev–Trinajstić information content (AvgIpc) is 2.67. The van der Waals surface area contributed by atoms with Gasteiger partial charge in [-0.15, -0.1) is 0 Å². The van der Waals surface area contributed by atoms with Crippen molar-refractivity contribution in [1.82, 2.24) is 15.1 Å². The molecule has 1 aromatic rings. The molecule has 1 aliphatic carbocycles. The quantitative estimate of drug-likeness (QED) is 0.698. The van der Waals surface area contributed by atoms with Crippen molar-refractivity contribution in [3.05, 3.63) is 28.7 Å². The van der Waals surface area contributed by atoms with Crippen LogP contribution in [0.25, 0.3) is 0 Å². The minimum atomic E-state index is 0.0000392. The molecule has 1 saturated heterocycles. The van der Waals surface area contributed by atoms with Crippen LogP contribution in [0.4, 0.5) is 5.69 Å². The highest BCUT2D eigenvalue weighted by Gasteiger charge is 2.23. The zero-order valence-corrected chi connectivity index (χ0v) is 18.2. The molecule has 2 N–H and O–H groups in total.